The van der Waals surface area contributed by atoms with Crippen molar-refractivity contribution in [3.8, 4) is 0 Å². The molecule has 0 aliphatic heterocycles. The van der Waals surface area contributed by atoms with Gasteiger partial charge in [0.15, 0.2) is 0 Å². The van der Waals surface area contributed by atoms with Crippen molar-refractivity contribution in [1.29, 1.82) is 0 Å². The van der Waals surface area contributed by atoms with E-state index in [2.05, 4.69) is 48.5 Å². The fourth-order valence-electron chi connectivity index (χ4n) is 1.18. The van der Waals surface area contributed by atoms with E-state index in [4.69, 9.17) is 9.90 Å². The first-order chi connectivity index (χ1) is 7.09. The van der Waals surface area contributed by atoms with E-state index in [0.29, 0.717) is 0 Å². The largest absolute Gasteiger partial charge is 0.469 e. The van der Waals surface area contributed by atoms with Crippen molar-refractivity contribution < 1.29 is 9.90 Å². The Morgan fingerprint density at radius 2 is 1.67 bits per heavy atom. The molecule has 0 bridgehead atoms. The Bertz CT molecular complexity index is 467. The third kappa shape index (κ3) is 4.23. The molecule has 0 saturated carbocycles. The van der Waals surface area contributed by atoms with Crippen LogP contribution in [0.3, 0.4) is 0 Å². The second-order valence-electron chi connectivity index (χ2n) is 2.78. The van der Waals surface area contributed by atoms with E-state index in [1.54, 1.807) is 0 Å². The van der Waals surface area contributed by atoms with Crippen LogP contribution in [0.4, 0.5) is 4.79 Å². The lowest BCUT2D eigenvalue weighted by atomic mass is 10.1. The van der Waals surface area contributed by atoms with Gasteiger partial charge in [0.25, 0.3) is 0 Å². The molecule has 0 radical (unpaired) electrons. The molecule has 2 rings (SSSR count). The predicted molar refractivity (Wildman–Crippen MR) is 65.1 cm³/mol. The summed E-state index contributed by atoms with van der Waals surface area (Å²) in [5.74, 6) is 0. The maximum absolute atomic E-state index is 8.77. The summed E-state index contributed by atoms with van der Waals surface area (Å²) >= 11 is 8.45. The first-order valence-corrected chi connectivity index (χ1v) is 4.98. The molecule has 0 amide bonds. The van der Waals surface area contributed by atoms with Crippen molar-refractivity contribution in [2.45, 2.75) is 4.90 Å². The first kappa shape index (κ1) is 11.9. The monoisotopic (exact) mass is 240 g/mol. The molecular formula is C11H9ClO2S. The molecule has 0 spiro atoms. The summed E-state index contributed by atoms with van der Waals surface area (Å²) < 4.78 is 0. The summed E-state index contributed by atoms with van der Waals surface area (Å²) in [7, 11) is 0. The van der Waals surface area contributed by atoms with Crippen molar-refractivity contribution in [3.05, 3.63) is 42.5 Å². The highest BCUT2D eigenvalue weighted by atomic mass is 35.5. The van der Waals surface area contributed by atoms with Gasteiger partial charge in [-0.25, -0.2) is 4.79 Å². The number of thiol groups is 1. The Morgan fingerprint density at radius 1 is 1.13 bits per heavy atom. The number of hydrogen-bond acceptors (Lipinski definition) is 2. The third-order valence-corrected chi connectivity index (χ3v) is 2.01. The molecule has 1 N–H and O–H groups in total. The van der Waals surface area contributed by atoms with Crippen LogP contribution < -0.4 is 0 Å². The highest BCUT2D eigenvalue weighted by Gasteiger charge is 1.90. The fourth-order valence-corrected chi connectivity index (χ4v) is 1.39. The van der Waals surface area contributed by atoms with E-state index in [9.17, 15) is 0 Å². The Kier molecular flexibility index (Phi) is 4.46. The molecule has 78 valence electrons. The minimum atomic E-state index is -1.36. The van der Waals surface area contributed by atoms with Crippen molar-refractivity contribution in [3.63, 3.8) is 0 Å². The van der Waals surface area contributed by atoms with Gasteiger partial charge < -0.3 is 5.11 Å². The summed E-state index contributed by atoms with van der Waals surface area (Å²) in [6, 6.07) is 14.4. The van der Waals surface area contributed by atoms with Gasteiger partial charge in [0, 0.05) is 16.5 Å². The Labute approximate surface area is 97.9 Å². The Hall–Kier alpha value is -1.19. The second-order valence-corrected chi connectivity index (χ2v) is 3.62. The van der Waals surface area contributed by atoms with E-state index < -0.39 is 5.43 Å². The Morgan fingerprint density at radius 3 is 2.27 bits per heavy atom. The summed E-state index contributed by atoms with van der Waals surface area (Å²) in [5, 5.41) is 9.70. The molecule has 0 atom stereocenters. The molecule has 2 nitrogen and oxygen atoms in total. The normalized spacial score (nSPS) is 9.20. The lowest BCUT2D eigenvalue weighted by Crippen LogP contribution is -1.70. The maximum Gasteiger partial charge on any atom is 0.401 e. The number of halogens is 1. The van der Waals surface area contributed by atoms with Crippen molar-refractivity contribution in [2.75, 3.05) is 0 Å². The van der Waals surface area contributed by atoms with Crippen LogP contribution in [0.25, 0.3) is 10.8 Å². The average Bonchev–Trinajstić information content (AvgIpc) is 2.16. The number of hydrogen-bond donors (Lipinski definition) is 2. The van der Waals surface area contributed by atoms with Gasteiger partial charge in [-0.15, -0.1) is 12.6 Å². The van der Waals surface area contributed by atoms with Crippen LogP contribution in [-0.4, -0.2) is 10.5 Å². The van der Waals surface area contributed by atoms with E-state index in [1.165, 1.54) is 10.8 Å². The van der Waals surface area contributed by atoms with E-state index >= 15 is 0 Å². The van der Waals surface area contributed by atoms with Crippen LogP contribution in [0.5, 0.6) is 0 Å². The van der Waals surface area contributed by atoms with Crippen LogP contribution in [0.2, 0.25) is 0 Å². The smallest absolute Gasteiger partial charge is 0.401 e. The average molecular weight is 241 g/mol. The zero-order chi connectivity index (χ0) is 11.3. The van der Waals surface area contributed by atoms with Crippen molar-refractivity contribution in [1.82, 2.24) is 0 Å². The van der Waals surface area contributed by atoms with Crippen LogP contribution in [0, 0.1) is 0 Å². The standard InChI is InChI=1S/C10H8S.CHClO2/c11-10-6-5-8-3-1-2-4-9(8)7-10;2-1(3)4/h1-7,11H;(H,3,4). The lowest BCUT2D eigenvalue weighted by Gasteiger charge is -1.96. The Balaban J connectivity index is 0.000000245. The fraction of sp³-hybridized carbons (Fsp3) is 0. The van der Waals surface area contributed by atoms with Crippen LogP contribution in [0.1, 0.15) is 0 Å². The molecule has 0 aliphatic rings. The van der Waals surface area contributed by atoms with Gasteiger partial charge >= 0.3 is 5.43 Å². The molecule has 0 heterocycles. The van der Waals surface area contributed by atoms with Gasteiger partial charge in [-0.05, 0) is 22.9 Å². The van der Waals surface area contributed by atoms with Gasteiger partial charge in [-0.3, -0.25) is 0 Å². The molecule has 0 fully saturated rings. The summed E-state index contributed by atoms with van der Waals surface area (Å²) in [4.78, 5) is 9.78. The first-order valence-electron chi connectivity index (χ1n) is 4.16. The summed E-state index contributed by atoms with van der Waals surface area (Å²) in [6.45, 7) is 0. The van der Waals surface area contributed by atoms with Crippen molar-refractivity contribution in [2.24, 2.45) is 0 Å². The number of carboxylic acid groups (broad SMARTS) is 1. The molecule has 0 saturated heterocycles. The molecule has 0 aliphatic carbocycles. The zero-order valence-corrected chi connectivity index (χ0v) is 9.37. The third-order valence-electron chi connectivity index (χ3n) is 1.73. The number of rotatable bonds is 0. The van der Waals surface area contributed by atoms with Gasteiger partial charge in [-0.1, -0.05) is 30.3 Å². The van der Waals surface area contributed by atoms with Gasteiger partial charge in [0.1, 0.15) is 0 Å². The van der Waals surface area contributed by atoms with Gasteiger partial charge in [0.2, 0.25) is 0 Å². The number of benzene rings is 2. The second kappa shape index (κ2) is 5.63. The van der Waals surface area contributed by atoms with Gasteiger partial charge in [0.05, 0.1) is 0 Å². The summed E-state index contributed by atoms with van der Waals surface area (Å²) in [5.41, 5.74) is -1.36. The summed E-state index contributed by atoms with van der Waals surface area (Å²) in [6.07, 6.45) is 0. The van der Waals surface area contributed by atoms with E-state index in [-0.39, 0.29) is 0 Å². The van der Waals surface area contributed by atoms with Gasteiger partial charge in [-0.2, -0.15) is 0 Å². The van der Waals surface area contributed by atoms with E-state index in [1.807, 2.05) is 18.2 Å². The van der Waals surface area contributed by atoms with Crippen molar-refractivity contribution >= 4 is 40.4 Å². The number of carbonyl (C=O) groups is 1. The minimum absolute atomic E-state index is 1.02. The van der Waals surface area contributed by atoms with Crippen LogP contribution in [0.15, 0.2) is 47.4 Å². The molecule has 2 aromatic rings. The minimum Gasteiger partial charge on any atom is -0.469 e. The van der Waals surface area contributed by atoms with Crippen LogP contribution in [-0.2, 0) is 0 Å². The zero-order valence-electron chi connectivity index (χ0n) is 7.72. The quantitative estimate of drug-likeness (QED) is 0.539. The predicted octanol–water partition coefficient (Wildman–Crippen LogP) is 4.03. The highest BCUT2D eigenvalue weighted by Crippen LogP contribution is 2.17. The molecule has 4 heteroatoms. The topological polar surface area (TPSA) is 37.3 Å². The number of fused-ring (bicyclic) bond motifs is 1. The van der Waals surface area contributed by atoms with E-state index in [0.717, 1.165) is 4.90 Å². The molecule has 2 aromatic carbocycles. The maximum atomic E-state index is 8.77. The van der Waals surface area contributed by atoms with Crippen LogP contribution >= 0.6 is 24.2 Å². The SMILES string of the molecule is O=C(O)Cl.Sc1ccc2ccccc2c1. The molecule has 15 heavy (non-hydrogen) atoms. The molecule has 0 unspecified atom stereocenters. The molecule has 0 aromatic heterocycles. The molecular weight excluding hydrogens is 232 g/mol. The highest BCUT2D eigenvalue weighted by molar-refractivity contribution is 7.80. The lowest BCUT2D eigenvalue weighted by molar-refractivity contribution is 0.220.